The van der Waals surface area contributed by atoms with E-state index in [2.05, 4.69) is 24.1 Å². The first-order valence-corrected chi connectivity index (χ1v) is 6.98. The Morgan fingerprint density at radius 2 is 2.26 bits per heavy atom. The van der Waals surface area contributed by atoms with Crippen molar-refractivity contribution in [1.82, 2.24) is 10.3 Å². The highest BCUT2D eigenvalue weighted by molar-refractivity contribution is 5.92. The van der Waals surface area contributed by atoms with Crippen LogP contribution in [0.5, 0.6) is 0 Å². The Balaban J connectivity index is 1.98. The van der Waals surface area contributed by atoms with Gasteiger partial charge >= 0.3 is 0 Å². The van der Waals surface area contributed by atoms with Crippen molar-refractivity contribution in [2.24, 2.45) is 5.92 Å². The summed E-state index contributed by atoms with van der Waals surface area (Å²) < 4.78 is 0. The lowest BCUT2D eigenvalue weighted by Crippen LogP contribution is -2.33. The molecule has 1 fully saturated rings. The molecule has 1 saturated carbocycles. The fourth-order valence-corrected chi connectivity index (χ4v) is 2.53. The van der Waals surface area contributed by atoms with Gasteiger partial charge in [0.05, 0.1) is 0 Å². The Morgan fingerprint density at radius 1 is 1.47 bits per heavy atom. The summed E-state index contributed by atoms with van der Waals surface area (Å²) >= 11 is 0. The third kappa shape index (κ3) is 3.53. The molecule has 4 heteroatoms. The van der Waals surface area contributed by atoms with Crippen molar-refractivity contribution in [3.63, 3.8) is 0 Å². The molecule has 1 amide bonds. The largest absolute Gasteiger partial charge is 0.396 e. The van der Waals surface area contributed by atoms with E-state index >= 15 is 0 Å². The van der Waals surface area contributed by atoms with Crippen molar-refractivity contribution in [2.45, 2.75) is 45.1 Å². The lowest BCUT2D eigenvalue weighted by Gasteiger charge is -2.13. The highest BCUT2D eigenvalue weighted by Crippen LogP contribution is 2.25. The first-order valence-electron chi connectivity index (χ1n) is 6.98. The average Bonchev–Trinajstić information content (AvgIpc) is 2.86. The molecular formula is C15H22N2O2. The number of hydrogen-bond acceptors (Lipinski definition) is 3. The third-order valence-corrected chi connectivity index (χ3v) is 3.73. The van der Waals surface area contributed by atoms with Gasteiger partial charge in [-0.05, 0) is 43.2 Å². The second kappa shape index (κ2) is 6.15. The topological polar surface area (TPSA) is 62.2 Å². The molecular weight excluding hydrogens is 240 g/mol. The van der Waals surface area contributed by atoms with E-state index in [4.69, 9.17) is 5.11 Å². The highest BCUT2D eigenvalue weighted by atomic mass is 16.3. The molecule has 1 aromatic heterocycles. The van der Waals surface area contributed by atoms with Crippen LogP contribution >= 0.6 is 0 Å². The van der Waals surface area contributed by atoms with Crippen molar-refractivity contribution in [3.05, 3.63) is 29.6 Å². The number of carbonyl (C=O) groups excluding carboxylic acids is 1. The van der Waals surface area contributed by atoms with Crippen LogP contribution in [0.3, 0.4) is 0 Å². The molecule has 2 atom stereocenters. The summed E-state index contributed by atoms with van der Waals surface area (Å²) in [6.45, 7) is 4.34. The van der Waals surface area contributed by atoms with Gasteiger partial charge in [0.15, 0.2) is 0 Å². The van der Waals surface area contributed by atoms with Gasteiger partial charge < -0.3 is 10.4 Å². The normalized spacial score (nSPS) is 22.7. The second-order valence-corrected chi connectivity index (χ2v) is 5.63. The SMILES string of the molecule is CC(C)c1cccc(C(=O)N[C@H]2CC[C@@H](CO)C2)n1. The fraction of sp³-hybridized carbons (Fsp3) is 0.600. The van der Waals surface area contributed by atoms with E-state index in [9.17, 15) is 4.79 Å². The van der Waals surface area contributed by atoms with Crippen LogP contribution in [0.25, 0.3) is 0 Å². The molecule has 2 N–H and O–H groups in total. The van der Waals surface area contributed by atoms with Crippen LogP contribution in [0.15, 0.2) is 18.2 Å². The third-order valence-electron chi connectivity index (χ3n) is 3.73. The molecule has 1 heterocycles. The van der Waals surface area contributed by atoms with E-state index in [1.54, 1.807) is 6.07 Å². The van der Waals surface area contributed by atoms with E-state index in [-0.39, 0.29) is 18.6 Å². The monoisotopic (exact) mass is 262 g/mol. The number of hydrogen-bond donors (Lipinski definition) is 2. The lowest BCUT2D eigenvalue weighted by atomic mass is 10.1. The number of rotatable bonds is 4. The molecule has 0 unspecified atom stereocenters. The molecule has 1 aliphatic rings. The first kappa shape index (κ1) is 14.0. The van der Waals surface area contributed by atoms with Crippen LogP contribution in [-0.2, 0) is 0 Å². The average molecular weight is 262 g/mol. The molecule has 0 radical (unpaired) electrons. The van der Waals surface area contributed by atoms with E-state index in [1.165, 1.54) is 0 Å². The maximum absolute atomic E-state index is 12.1. The lowest BCUT2D eigenvalue weighted by molar-refractivity contribution is 0.0930. The van der Waals surface area contributed by atoms with Gasteiger partial charge in [-0.15, -0.1) is 0 Å². The van der Waals surface area contributed by atoms with Crippen LogP contribution < -0.4 is 5.32 Å². The van der Waals surface area contributed by atoms with Gasteiger partial charge in [0.1, 0.15) is 5.69 Å². The summed E-state index contributed by atoms with van der Waals surface area (Å²) in [5.74, 6) is 0.546. The van der Waals surface area contributed by atoms with E-state index in [0.717, 1.165) is 25.0 Å². The maximum atomic E-state index is 12.1. The summed E-state index contributed by atoms with van der Waals surface area (Å²) in [5, 5.41) is 12.1. The first-order chi connectivity index (χ1) is 9.10. The van der Waals surface area contributed by atoms with Crippen LogP contribution in [0.1, 0.15) is 55.2 Å². The Labute approximate surface area is 114 Å². The number of aromatic nitrogens is 1. The Morgan fingerprint density at radius 3 is 2.89 bits per heavy atom. The number of nitrogens with zero attached hydrogens (tertiary/aromatic N) is 1. The smallest absolute Gasteiger partial charge is 0.270 e. The standard InChI is InChI=1S/C15H22N2O2/c1-10(2)13-4-3-5-14(17-13)15(19)16-12-7-6-11(8-12)9-18/h3-5,10-12,18H,6-9H2,1-2H3,(H,16,19)/t11-,12+/m1/s1. The predicted octanol–water partition coefficient (Wildman–Crippen LogP) is 2.10. The summed E-state index contributed by atoms with van der Waals surface area (Å²) in [6.07, 6.45) is 2.80. The van der Waals surface area contributed by atoms with Crippen molar-refractivity contribution < 1.29 is 9.90 Å². The number of aliphatic hydroxyl groups excluding tert-OH is 1. The van der Waals surface area contributed by atoms with Gasteiger partial charge in [-0.25, -0.2) is 4.98 Å². The van der Waals surface area contributed by atoms with Crippen LogP contribution in [0.4, 0.5) is 0 Å². The molecule has 2 rings (SSSR count). The quantitative estimate of drug-likeness (QED) is 0.873. The van der Waals surface area contributed by atoms with Crippen molar-refractivity contribution in [3.8, 4) is 0 Å². The highest BCUT2D eigenvalue weighted by Gasteiger charge is 2.25. The molecule has 0 aromatic carbocycles. The van der Waals surface area contributed by atoms with E-state index in [1.807, 2.05) is 12.1 Å². The van der Waals surface area contributed by atoms with Crippen molar-refractivity contribution in [2.75, 3.05) is 6.61 Å². The molecule has 1 aliphatic carbocycles. The minimum atomic E-state index is -0.105. The molecule has 0 spiro atoms. The number of nitrogens with one attached hydrogen (secondary N) is 1. The van der Waals surface area contributed by atoms with Gasteiger partial charge in [-0.2, -0.15) is 0 Å². The van der Waals surface area contributed by atoms with Gasteiger partial charge in [-0.1, -0.05) is 19.9 Å². The fourth-order valence-electron chi connectivity index (χ4n) is 2.53. The van der Waals surface area contributed by atoms with E-state index < -0.39 is 0 Å². The van der Waals surface area contributed by atoms with Gasteiger partial charge in [0.2, 0.25) is 0 Å². The Hall–Kier alpha value is -1.42. The zero-order valence-electron chi connectivity index (χ0n) is 11.6. The molecule has 4 nitrogen and oxygen atoms in total. The van der Waals surface area contributed by atoms with Gasteiger partial charge in [0, 0.05) is 18.3 Å². The Bertz CT molecular complexity index is 446. The second-order valence-electron chi connectivity index (χ2n) is 5.63. The molecule has 1 aromatic rings. The number of pyridine rings is 1. The minimum absolute atomic E-state index is 0.105. The molecule has 19 heavy (non-hydrogen) atoms. The predicted molar refractivity (Wildman–Crippen MR) is 74.0 cm³/mol. The molecule has 0 bridgehead atoms. The van der Waals surface area contributed by atoms with Gasteiger partial charge in [0.25, 0.3) is 5.91 Å². The van der Waals surface area contributed by atoms with Crippen LogP contribution in [-0.4, -0.2) is 28.6 Å². The zero-order chi connectivity index (χ0) is 13.8. The zero-order valence-corrected chi connectivity index (χ0v) is 11.6. The molecule has 0 aliphatic heterocycles. The van der Waals surface area contributed by atoms with Crippen molar-refractivity contribution >= 4 is 5.91 Å². The maximum Gasteiger partial charge on any atom is 0.270 e. The molecule has 104 valence electrons. The summed E-state index contributed by atoms with van der Waals surface area (Å²) in [7, 11) is 0. The minimum Gasteiger partial charge on any atom is -0.396 e. The van der Waals surface area contributed by atoms with Gasteiger partial charge in [-0.3, -0.25) is 4.79 Å². The molecule has 0 saturated heterocycles. The number of aliphatic hydroxyl groups is 1. The number of amides is 1. The summed E-state index contributed by atoms with van der Waals surface area (Å²) in [4.78, 5) is 16.5. The van der Waals surface area contributed by atoms with Crippen LogP contribution in [0, 0.1) is 5.92 Å². The van der Waals surface area contributed by atoms with Crippen LogP contribution in [0.2, 0.25) is 0 Å². The summed E-state index contributed by atoms with van der Waals surface area (Å²) in [6, 6.07) is 5.75. The Kier molecular flexibility index (Phi) is 4.53. The summed E-state index contributed by atoms with van der Waals surface area (Å²) in [5.41, 5.74) is 1.42. The number of carbonyl (C=O) groups is 1. The van der Waals surface area contributed by atoms with Crippen molar-refractivity contribution in [1.29, 1.82) is 0 Å². The van der Waals surface area contributed by atoms with E-state index in [0.29, 0.717) is 17.5 Å².